The topological polar surface area (TPSA) is 64.2 Å². The number of rotatable bonds is 6. The zero-order chi connectivity index (χ0) is 17.6. The second kappa shape index (κ2) is 10.0. The summed E-state index contributed by atoms with van der Waals surface area (Å²) in [5.74, 6) is 0.849. The molecule has 2 aromatic rings. The lowest BCUT2D eigenvalue weighted by Crippen LogP contribution is -2.44. The molecular formula is C19H32IN5. The molecule has 0 aliphatic carbocycles. The zero-order valence-electron chi connectivity index (χ0n) is 16.0. The van der Waals surface area contributed by atoms with Gasteiger partial charge in [0.15, 0.2) is 5.96 Å². The number of H-pyrrole nitrogens is 1. The monoisotopic (exact) mass is 457 g/mol. The Hall–Kier alpha value is -1.28. The number of halogens is 1. The highest BCUT2D eigenvalue weighted by Gasteiger charge is 2.08. The van der Waals surface area contributed by atoms with Crippen LogP contribution in [0.15, 0.2) is 29.4 Å². The molecular weight excluding hydrogens is 425 g/mol. The van der Waals surface area contributed by atoms with Gasteiger partial charge in [-0.3, -0.25) is 4.99 Å². The Balaban J connectivity index is 0.00000312. The Kier molecular flexibility index (Phi) is 8.71. The Bertz CT molecular complexity index is 685. The van der Waals surface area contributed by atoms with Gasteiger partial charge < -0.3 is 20.9 Å². The van der Waals surface area contributed by atoms with Crippen molar-refractivity contribution in [3.8, 4) is 0 Å². The van der Waals surface area contributed by atoms with Crippen molar-refractivity contribution in [3.05, 3.63) is 35.5 Å². The average molecular weight is 457 g/mol. The number of hydrogen-bond donors (Lipinski definition) is 4. The number of para-hydroxylation sites is 1. The minimum atomic E-state index is 0. The molecule has 0 spiro atoms. The van der Waals surface area contributed by atoms with E-state index in [0.717, 1.165) is 32.0 Å². The molecule has 1 aromatic carbocycles. The zero-order valence-corrected chi connectivity index (χ0v) is 18.3. The Morgan fingerprint density at radius 2 is 1.84 bits per heavy atom. The lowest BCUT2D eigenvalue weighted by Gasteiger charge is -2.21. The fraction of sp³-hybridized carbons (Fsp3) is 0.526. The molecule has 0 fully saturated rings. The van der Waals surface area contributed by atoms with Crippen molar-refractivity contribution in [2.24, 2.45) is 4.99 Å². The second-order valence-corrected chi connectivity index (χ2v) is 7.16. The number of benzene rings is 1. The molecule has 0 saturated carbocycles. The number of aryl methyl sites for hydroxylation is 1. The molecule has 0 bridgehead atoms. The summed E-state index contributed by atoms with van der Waals surface area (Å²) in [5, 5.41) is 11.5. The summed E-state index contributed by atoms with van der Waals surface area (Å²) in [6.45, 7) is 11.3. The molecule has 25 heavy (non-hydrogen) atoms. The number of nitrogens with one attached hydrogen (secondary N) is 4. The smallest absolute Gasteiger partial charge is 0.191 e. The number of nitrogens with zero attached hydrogens (tertiary/aromatic N) is 1. The van der Waals surface area contributed by atoms with Gasteiger partial charge in [0.05, 0.1) is 0 Å². The minimum absolute atomic E-state index is 0. The van der Waals surface area contributed by atoms with E-state index in [1.54, 1.807) is 0 Å². The van der Waals surface area contributed by atoms with Crippen LogP contribution in [0.3, 0.4) is 0 Å². The summed E-state index contributed by atoms with van der Waals surface area (Å²) in [4.78, 5) is 7.66. The van der Waals surface area contributed by atoms with Crippen molar-refractivity contribution in [2.75, 3.05) is 26.7 Å². The molecule has 0 unspecified atom stereocenters. The maximum absolute atomic E-state index is 4.28. The average Bonchev–Trinajstić information content (AvgIpc) is 2.93. The predicted octanol–water partition coefficient (Wildman–Crippen LogP) is 3.19. The summed E-state index contributed by atoms with van der Waals surface area (Å²) >= 11 is 0. The Morgan fingerprint density at radius 3 is 2.52 bits per heavy atom. The third-order valence-electron chi connectivity index (χ3n) is 3.99. The van der Waals surface area contributed by atoms with Crippen LogP contribution in [0.25, 0.3) is 10.9 Å². The van der Waals surface area contributed by atoms with E-state index in [9.17, 15) is 0 Å². The summed E-state index contributed by atoms with van der Waals surface area (Å²) in [6, 6.07) is 6.43. The van der Waals surface area contributed by atoms with Crippen LogP contribution in [-0.2, 0) is 6.42 Å². The summed E-state index contributed by atoms with van der Waals surface area (Å²) < 4.78 is 0. The SMILES string of the molecule is CN=C(NCCNC(C)(C)C)NCCc1c[nH]c2c(C)cccc12.I. The third-order valence-corrected chi connectivity index (χ3v) is 3.99. The van der Waals surface area contributed by atoms with Crippen molar-refractivity contribution in [1.29, 1.82) is 0 Å². The van der Waals surface area contributed by atoms with Crippen molar-refractivity contribution >= 4 is 40.8 Å². The van der Waals surface area contributed by atoms with Crippen molar-refractivity contribution in [2.45, 2.75) is 39.7 Å². The van der Waals surface area contributed by atoms with Gasteiger partial charge in [-0.25, -0.2) is 0 Å². The van der Waals surface area contributed by atoms with Gasteiger partial charge in [0, 0.05) is 49.3 Å². The molecule has 140 valence electrons. The first-order valence-corrected chi connectivity index (χ1v) is 8.66. The fourth-order valence-electron chi connectivity index (χ4n) is 2.73. The molecule has 0 aliphatic rings. The van der Waals surface area contributed by atoms with E-state index in [1.807, 2.05) is 7.05 Å². The van der Waals surface area contributed by atoms with Crippen LogP contribution in [0.1, 0.15) is 31.9 Å². The van der Waals surface area contributed by atoms with Gasteiger partial charge in [0.25, 0.3) is 0 Å². The van der Waals surface area contributed by atoms with Crippen LogP contribution in [0.2, 0.25) is 0 Å². The van der Waals surface area contributed by atoms with Gasteiger partial charge >= 0.3 is 0 Å². The molecule has 2 rings (SSSR count). The van der Waals surface area contributed by atoms with E-state index >= 15 is 0 Å². The largest absolute Gasteiger partial charge is 0.361 e. The molecule has 0 amide bonds. The van der Waals surface area contributed by atoms with Gasteiger partial charge in [-0.2, -0.15) is 0 Å². The number of fused-ring (bicyclic) bond motifs is 1. The highest BCUT2D eigenvalue weighted by Crippen LogP contribution is 2.21. The number of guanidine groups is 1. The number of aliphatic imine (C=N–C) groups is 1. The van der Waals surface area contributed by atoms with E-state index in [2.05, 4.69) is 78.0 Å². The highest BCUT2D eigenvalue weighted by molar-refractivity contribution is 14.0. The van der Waals surface area contributed by atoms with E-state index in [1.165, 1.54) is 22.0 Å². The van der Waals surface area contributed by atoms with E-state index in [0.29, 0.717) is 0 Å². The molecule has 0 radical (unpaired) electrons. The minimum Gasteiger partial charge on any atom is -0.361 e. The van der Waals surface area contributed by atoms with Crippen molar-refractivity contribution < 1.29 is 0 Å². The number of aromatic amines is 1. The predicted molar refractivity (Wildman–Crippen MR) is 119 cm³/mol. The van der Waals surface area contributed by atoms with Crippen LogP contribution >= 0.6 is 24.0 Å². The normalized spacial score (nSPS) is 12.1. The van der Waals surface area contributed by atoms with Gasteiger partial charge in [0.2, 0.25) is 0 Å². The Morgan fingerprint density at radius 1 is 1.12 bits per heavy atom. The maximum Gasteiger partial charge on any atom is 0.191 e. The highest BCUT2D eigenvalue weighted by atomic mass is 127. The van der Waals surface area contributed by atoms with Crippen LogP contribution in [0.5, 0.6) is 0 Å². The first-order chi connectivity index (χ1) is 11.4. The van der Waals surface area contributed by atoms with Gasteiger partial charge in [-0.1, -0.05) is 18.2 Å². The van der Waals surface area contributed by atoms with Gasteiger partial charge in [-0.05, 0) is 45.2 Å². The Labute approximate surface area is 168 Å². The lowest BCUT2D eigenvalue weighted by molar-refractivity contribution is 0.428. The maximum atomic E-state index is 4.28. The van der Waals surface area contributed by atoms with Crippen LogP contribution in [0, 0.1) is 6.92 Å². The van der Waals surface area contributed by atoms with E-state index < -0.39 is 0 Å². The molecule has 1 heterocycles. The third kappa shape index (κ3) is 6.86. The molecule has 1 aromatic heterocycles. The van der Waals surface area contributed by atoms with Gasteiger partial charge in [-0.15, -0.1) is 24.0 Å². The van der Waals surface area contributed by atoms with Crippen molar-refractivity contribution in [1.82, 2.24) is 20.9 Å². The quantitative estimate of drug-likeness (QED) is 0.233. The molecule has 0 atom stereocenters. The first kappa shape index (κ1) is 21.8. The standard InChI is InChI=1S/C19H31N5.HI/c1-14-7-6-8-16-15(13-23-17(14)16)9-10-21-18(20-5)22-11-12-24-19(2,3)4;/h6-8,13,23-24H,9-12H2,1-5H3,(H2,20,21,22);1H. The fourth-order valence-corrected chi connectivity index (χ4v) is 2.73. The summed E-state index contributed by atoms with van der Waals surface area (Å²) in [7, 11) is 1.81. The molecule has 0 aliphatic heterocycles. The first-order valence-electron chi connectivity index (χ1n) is 8.66. The van der Waals surface area contributed by atoms with Gasteiger partial charge in [0.1, 0.15) is 0 Å². The summed E-state index contributed by atoms with van der Waals surface area (Å²) in [5.41, 5.74) is 4.01. The number of aromatic nitrogens is 1. The number of hydrogen-bond acceptors (Lipinski definition) is 2. The van der Waals surface area contributed by atoms with Crippen LogP contribution in [0.4, 0.5) is 0 Å². The molecule has 4 N–H and O–H groups in total. The molecule has 0 saturated heterocycles. The van der Waals surface area contributed by atoms with E-state index in [4.69, 9.17) is 0 Å². The van der Waals surface area contributed by atoms with Crippen LogP contribution < -0.4 is 16.0 Å². The molecule has 5 nitrogen and oxygen atoms in total. The summed E-state index contributed by atoms with van der Waals surface area (Å²) in [6.07, 6.45) is 3.08. The van der Waals surface area contributed by atoms with Crippen LogP contribution in [-0.4, -0.2) is 43.2 Å². The lowest BCUT2D eigenvalue weighted by atomic mass is 10.1. The van der Waals surface area contributed by atoms with E-state index in [-0.39, 0.29) is 29.5 Å². The van der Waals surface area contributed by atoms with Crippen molar-refractivity contribution in [3.63, 3.8) is 0 Å². The second-order valence-electron chi connectivity index (χ2n) is 7.16. The molecule has 6 heteroatoms.